The molecule has 0 aliphatic rings. The average molecular weight is 320 g/mol. The minimum Gasteiger partial charge on any atom is -0.462 e. The third-order valence-electron chi connectivity index (χ3n) is 3.00. The molecule has 0 aromatic carbocycles. The van der Waals surface area contributed by atoms with Crippen LogP contribution in [0.1, 0.15) is 49.7 Å². The van der Waals surface area contributed by atoms with Gasteiger partial charge in [0, 0.05) is 0 Å². The number of carbonyl (C=O) groups is 3. The van der Waals surface area contributed by atoms with E-state index in [9.17, 15) is 14.4 Å². The zero-order chi connectivity index (χ0) is 17.1. The van der Waals surface area contributed by atoms with Crippen LogP contribution < -0.4 is 11.1 Å². The molecule has 122 valence electrons. The predicted octanol–water partition coefficient (Wildman–Crippen LogP) is 2.02. The van der Waals surface area contributed by atoms with Crippen LogP contribution in [0, 0.1) is 13.8 Å². The molecule has 3 N–H and O–H groups in total. The van der Waals surface area contributed by atoms with Crippen LogP contribution in [0.3, 0.4) is 0 Å². The van der Waals surface area contributed by atoms with E-state index in [4.69, 9.17) is 19.3 Å². The zero-order valence-corrected chi connectivity index (χ0v) is 12.9. The van der Waals surface area contributed by atoms with Crippen LogP contribution in [0.25, 0.3) is 0 Å². The van der Waals surface area contributed by atoms with E-state index in [0.717, 1.165) is 0 Å². The Hall–Kier alpha value is -3.03. The van der Waals surface area contributed by atoms with Crippen molar-refractivity contribution in [2.45, 2.75) is 20.8 Å². The summed E-state index contributed by atoms with van der Waals surface area (Å²) in [5, 5.41) is 2.37. The minimum atomic E-state index is -0.921. The van der Waals surface area contributed by atoms with Gasteiger partial charge in [-0.25, -0.2) is 4.79 Å². The molecule has 0 spiro atoms. The SMILES string of the molecule is CCOC(=O)c1c(C)oc(NC(=O)c2ccc(C)o2)c1C(N)=O. The van der Waals surface area contributed by atoms with Crippen molar-refractivity contribution in [1.29, 1.82) is 0 Å². The Morgan fingerprint density at radius 2 is 1.87 bits per heavy atom. The summed E-state index contributed by atoms with van der Waals surface area (Å²) in [5.74, 6) is -1.84. The largest absolute Gasteiger partial charge is 0.462 e. The van der Waals surface area contributed by atoms with Crippen molar-refractivity contribution < 1.29 is 28.0 Å². The molecule has 23 heavy (non-hydrogen) atoms. The lowest BCUT2D eigenvalue weighted by Crippen LogP contribution is -2.20. The summed E-state index contributed by atoms with van der Waals surface area (Å²) < 4.78 is 15.3. The molecule has 0 atom stereocenters. The van der Waals surface area contributed by atoms with E-state index in [1.54, 1.807) is 19.9 Å². The van der Waals surface area contributed by atoms with E-state index >= 15 is 0 Å². The Morgan fingerprint density at radius 1 is 1.17 bits per heavy atom. The average Bonchev–Trinajstić information content (AvgIpc) is 3.02. The molecule has 0 fully saturated rings. The lowest BCUT2D eigenvalue weighted by atomic mass is 10.1. The van der Waals surface area contributed by atoms with Gasteiger partial charge in [-0.05, 0) is 32.9 Å². The molecule has 2 aromatic rings. The molecule has 0 aliphatic carbocycles. The number of primary amides is 1. The Kier molecular flexibility index (Phi) is 4.54. The van der Waals surface area contributed by atoms with Crippen molar-refractivity contribution in [3.05, 3.63) is 40.5 Å². The quantitative estimate of drug-likeness (QED) is 0.812. The lowest BCUT2D eigenvalue weighted by molar-refractivity contribution is 0.0521. The molecule has 0 unspecified atom stereocenters. The molecule has 0 saturated heterocycles. The van der Waals surface area contributed by atoms with E-state index in [1.165, 1.54) is 13.0 Å². The van der Waals surface area contributed by atoms with Gasteiger partial charge in [0.2, 0.25) is 5.88 Å². The Morgan fingerprint density at radius 3 is 2.39 bits per heavy atom. The molecule has 0 radical (unpaired) electrons. The van der Waals surface area contributed by atoms with Crippen molar-refractivity contribution in [1.82, 2.24) is 0 Å². The maximum absolute atomic E-state index is 12.1. The van der Waals surface area contributed by atoms with Crippen LogP contribution in [-0.4, -0.2) is 24.4 Å². The highest BCUT2D eigenvalue weighted by Crippen LogP contribution is 2.28. The molecule has 2 amide bonds. The summed E-state index contributed by atoms with van der Waals surface area (Å²) >= 11 is 0. The first-order chi connectivity index (χ1) is 10.8. The van der Waals surface area contributed by atoms with E-state index in [2.05, 4.69) is 5.32 Å². The number of furan rings is 2. The molecule has 2 rings (SSSR count). The first-order valence-electron chi connectivity index (χ1n) is 6.83. The van der Waals surface area contributed by atoms with Gasteiger partial charge in [-0.2, -0.15) is 0 Å². The Bertz CT molecular complexity index is 771. The van der Waals surface area contributed by atoms with Gasteiger partial charge in [0.05, 0.1) is 6.61 Å². The number of hydrogen-bond acceptors (Lipinski definition) is 6. The number of aryl methyl sites for hydroxylation is 2. The van der Waals surface area contributed by atoms with Crippen molar-refractivity contribution in [3.63, 3.8) is 0 Å². The first kappa shape index (κ1) is 16.3. The molecule has 8 nitrogen and oxygen atoms in total. The molecular formula is C15H16N2O6. The summed E-state index contributed by atoms with van der Waals surface area (Å²) in [4.78, 5) is 35.7. The first-order valence-corrected chi connectivity index (χ1v) is 6.83. The maximum Gasteiger partial charge on any atom is 0.342 e. The highest BCUT2D eigenvalue weighted by Gasteiger charge is 2.29. The Labute approximate surface area is 131 Å². The van der Waals surface area contributed by atoms with Gasteiger partial charge in [0.15, 0.2) is 5.76 Å². The van der Waals surface area contributed by atoms with Gasteiger partial charge in [-0.15, -0.1) is 0 Å². The number of carbonyl (C=O) groups excluding carboxylic acids is 3. The fraction of sp³-hybridized carbons (Fsp3) is 0.267. The summed E-state index contributed by atoms with van der Waals surface area (Å²) in [7, 11) is 0. The number of ether oxygens (including phenoxy) is 1. The smallest absolute Gasteiger partial charge is 0.342 e. The summed E-state index contributed by atoms with van der Waals surface area (Å²) in [6, 6.07) is 3.08. The standard InChI is InChI=1S/C15H16N2O6/c1-4-21-15(20)10-8(3)23-14(11(10)12(16)18)17-13(19)9-6-5-7(2)22-9/h5-6H,4H2,1-3H3,(H2,16,18)(H,17,19). The van der Waals surface area contributed by atoms with Crippen LogP contribution in [-0.2, 0) is 4.74 Å². The van der Waals surface area contributed by atoms with Gasteiger partial charge < -0.3 is 19.3 Å². The van der Waals surface area contributed by atoms with Gasteiger partial charge >= 0.3 is 5.97 Å². The van der Waals surface area contributed by atoms with Crippen molar-refractivity contribution in [2.24, 2.45) is 5.73 Å². The zero-order valence-electron chi connectivity index (χ0n) is 12.9. The fourth-order valence-electron chi connectivity index (χ4n) is 2.04. The molecular weight excluding hydrogens is 304 g/mol. The summed E-state index contributed by atoms with van der Waals surface area (Å²) in [6.07, 6.45) is 0. The molecule has 0 bridgehead atoms. The molecule has 2 heterocycles. The fourth-order valence-corrected chi connectivity index (χ4v) is 2.04. The van der Waals surface area contributed by atoms with E-state index in [1.807, 2.05) is 0 Å². The minimum absolute atomic E-state index is 0.0321. The second-order valence-electron chi connectivity index (χ2n) is 4.69. The second-order valence-corrected chi connectivity index (χ2v) is 4.69. The molecule has 0 saturated carbocycles. The number of nitrogens with two attached hydrogens (primary N) is 1. The van der Waals surface area contributed by atoms with Crippen LogP contribution in [0.2, 0.25) is 0 Å². The van der Waals surface area contributed by atoms with Gasteiger partial charge in [0.25, 0.3) is 11.8 Å². The lowest BCUT2D eigenvalue weighted by Gasteiger charge is -2.03. The van der Waals surface area contributed by atoms with E-state index in [0.29, 0.717) is 5.76 Å². The van der Waals surface area contributed by atoms with Crippen molar-refractivity contribution in [3.8, 4) is 0 Å². The van der Waals surface area contributed by atoms with Crippen LogP contribution in [0.15, 0.2) is 21.0 Å². The van der Waals surface area contributed by atoms with Gasteiger partial charge in [-0.3, -0.25) is 14.9 Å². The van der Waals surface area contributed by atoms with E-state index in [-0.39, 0.29) is 35.1 Å². The number of nitrogens with one attached hydrogen (secondary N) is 1. The highest BCUT2D eigenvalue weighted by atomic mass is 16.5. The van der Waals surface area contributed by atoms with Crippen molar-refractivity contribution >= 4 is 23.7 Å². The van der Waals surface area contributed by atoms with Gasteiger partial charge in [-0.1, -0.05) is 0 Å². The van der Waals surface area contributed by atoms with Crippen LogP contribution >= 0.6 is 0 Å². The Balaban J connectivity index is 2.39. The molecule has 8 heteroatoms. The van der Waals surface area contributed by atoms with Crippen LogP contribution in [0.4, 0.5) is 5.88 Å². The van der Waals surface area contributed by atoms with E-state index < -0.39 is 17.8 Å². The summed E-state index contributed by atoms with van der Waals surface area (Å²) in [6.45, 7) is 4.89. The number of esters is 1. The number of hydrogen-bond donors (Lipinski definition) is 2. The van der Waals surface area contributed by atoms with Crippen molar-refractivity contribution in [2.75, 3.05) is 11.9 Å². The molecule has 0 aliphatic heterocycles. The predicted molar refractivity (Wildman–Crippen MR) is 79.3 cm³/mol. The number of rotatable bonds is 5. The third kappa shape index (κ3) is 3.25. The third-order valence-corrected chi connectivity index (χ3v) is 3.00. The second kappa shape index (κ2) is 6.39. The summed E-state index contributed by atoms with van der Waals surface area (Å²) in [5.41, 5.74) is 4.96. The highest BCUT2D eigenvalue weighted by molar-refractivity contribution is 6.12. The topological polar surface area (TPSA) is 125 Å². The monoisotopic (exact) mass is 320 g/mol. The normalized spacial score (nSPS) is 10.4. The van der Waals surface area contributed by atoms with Gasteiger partial charge in [0.1, 0.15) is 22.6 Å². The van der Waals surface area contributed by atoms with Crippen LogP contribution in [0.5, 0.6) is 0 Å². The number of anilines is 1. The molecule has 2 aromatic heterocycles. The number of amides is 2. The maximum atomic E-state index is 12.1.